The Morgan fingerprint density at radius 2 is 1.79 bits per heavy atom. The van der Waals surface area contributed by atoms with Crippen LogP contribution < -0.4 is 5.73 Å². The monoisotopic (exact) mass is 272 g/mol. The molecule has 0 saturated carbocycles. The molecule has 19 heavy (non-hydrogen) atoms. The molecule has 0 aromatic heterocycles. The first-order chi connectivity index (χ1) is 8.39. The van der Waals surface area contributed by atoms with E-state index in [1.807, 2.05) is 27.7 Å². The number of amides is 1. The molecule has 1 amide bonds. The summed E-state index contributed by atoms with van der Waals surface area (Å²) in [4.78, 5) is 24.5. The number of likely N-dealkylation sites (tertiary alicyclic amines) is 1. The zero-order chi connectivity index (χ0) is 15.1. The Kier molecular flexibility index (Phi) is 3.98. The van der Waals surface area contributed by atoms with Gasteiger partial charge in [-0.1, -0.05) is 0 Å². The van der Waals surface area contributed by atoms with Crippen LogP contribution in [0.25, 0.3) is 0 Å². The van der Waals surface area contributed by atoms with E-state index in [2.05, 4.69) is 0 Å². The molecular weight excluding hydrogens is 248 g/mol. The zero-order valence-corrected chi connectivity index (χ0v) is 12.3. The number of aliphatic carboxylic acids is 1. The van der Waals surface area contributed by atoms with Crippen LogP contribution in [0.3, 0.4) is 0 Å². The summed E-state index contributed by atoms with van der Waals surface area (Å²) in [5.41, 5.74) is 4.17. The minimum atomic E-state index is -1.01. The molecule has 110 valence electrons. The van der Waals surface area contributed by atoms with Gasteiger partial charge in [-0.3, -0.25) is 4.79 Å². The van der Waals surface area contributed by atoms with E-state index in [1.165, 1.54) is 0 Å². The zero-order valence-electron chi connectivity index (χ0n) is 12.3. The summed E-state index contributed by atoms with van der Waals surface area (Å²) in [6.07, 6.45) is 0. The third kappa shape index (κ3) is 3.25. The smallest absolute Gasteiger partial charge is 0.329 e. The van der Waals surface area contributed by atoms with Gasteiger partial charge in [-0.05, 0) is 34.6 Å². The number of carboxylic acids is 1. The van der Waals surface area contributed by atoms with Gasteiger partial charge in [0.2, 0.25) is 5.91 Å². The summed E-state index contributed by atoms with van der Waals surface area (Å²) in [5.74, 6) is -1.04. The molecule has 6 nitrogen and oxygen atoms in total. The third-order valence-corrected chi connectivity index (χ3v) is 4.03. The quantitative estimate of drug-likeness (QED) is 0.758. The van der Waals surface area contributed by atoms with Crippen molar-refractivity contribution >= 4 is 11.9 Å². The molecule has 1 saturated heterocycles. The Labute approximate surface area is 113 Å². The summed E-state index contributed by atoms with van der Waals surface area (Å²) >= 11 is 0. The second-order valence-corrected chi connectivity index (χ2v) is 6.64. The maximum Gasteiger partial charge on any atom is 0.329 e. The number of hydrogen-bond donors (Lipinski definition) is 2. The molecule has 1 aliphatic rings. The topological polar surface area (TPSA) is 92.9 Å². The van der Waals surface area contributed by atoms with Crippen LogP contribution in [0, 0.1) is 5.41 Å². The summed E-state index contributed by atoms with van der Waals surface area (Å²) in [5, 5.41) is 8.59. The Bertz CT molecular complexity index is 379. The first kappa shape index (κ1) is 15.9. The number of nitrogens with two attached hydrogens (primary N) is 1. The molecular formula is C13H24N2O4. The second kappa shape index (κ2) is 4.76. The molecule has 0 spiro atoms. The molecule has 0 aromatic rings. The highest BCUT2D eigenvalue weighted by molar-refractivity contribution is 5.84. The van der Waals surface area contributed by atoms with Crippen molar-refractivity contribution in [2.75, 3.05) is 19.7 Å². The Morgan fingerprint density at radius 3 is 2.16 bits per heavy atom. The second-order valence-electron chi connectivity index (χ2n) is 6.64. The van der Waals surface area contributed by atoms with E-state index in [0.29, 0.717) is 13.1 Å². The van der Waals surface area contributed by atoms with E-state index >= 15 is 0 Å². The molecule has 1 aliphatic heterocycles. The Hall–Kier alpha value is -1.14. The molecule has 6 heteroatoms. The van der Waals surface area contributed by atoms with Crippen LogP contribution in [-0.4, -0.2) is 52.7 Å². The fourth-order valence-electron chi connectivity index (χ4n) is 1.90. The van der Waals surface area contributed by atoms with Crippen molar-refractivity contribution in [1.29, 1.82) is 0 Å². The molecule has 0 atom stereocenters. The fraction of sp³-hybridized carbons (Fsp3) is 0.846. The van der Waals surface area contributed by atoms with Crippen LogP contribution in [0.1, 0.15) is 34.6 Å². The highest BCUT2D eigenvalue weighted by atomic mass is 16.5. The van der Waals surface area contributed by atoms with Crippen LogP contribution in [0.5, 0.6) is 0 Å². The molecule has 0 aromatic carbocycles. The molecule has 0 bridgehead atoms. The van der Waals surface area contributed by atoms with E-state index in [4.69, 9.17) is 15.6 Å². The van der Waals surface area contributed by atoms with Crippen LogP contribution in [0.2, 0.25) is 0 Å². The summed E-state index contributed by atoms with van der Waals surface area (Å²) < 4.78 is 5.28. The van der Waals surface area contributed by atoms with Gasteiger partial charge in [0.05, 0.1) is 18.5 Å². The lowest BCUT2D eigenvalue weighted by Crippen LogP contribution is -2.68. The summed E-state index contributed by atoms with van der Waals surface area (Å²) in [6, 6.07) is 0. The van der Waals surface area contributed by atoms with Crippen molar-refractivity contribution in [2.24, 2.45) is 11.1 Å². The van der Waals surface area contributed by atoms with Gasteiger partial charge < -0.3 is 20.5 Å². The predicted molar refractivity (Wildman–Crippen MR) is 70.6 cm³/mol. The molecule has 3 N–H and O–H groups in total. The third-order valence-electron chi connectivity index (χ3n) is 4.03. The number of nitrogens with zero attached hydrogens (tertiary/aromatic N) is 1. The van der Waals surface area contributed by atoms with Crippen molar-refractivity contribution in [2.45, 2.75) is 45.8 Å². The normalized spacial score (nSPS) is 18.9. The fourth-order valence-corrected chi connectivity index (χ4v) is 1.90. The highest BCUT2D eigenvalue weighted by Crippen LogP contribution is 2.35. The van der Waals surface area contributed by atoms with Crippen LogP contribution in [-0.2, 0) is 14.3 Å². The summed E-state index contributed by atoms with van der Waals surface area (Å²) in [7, 11) is 0. The van der Waals surface area contributed by atoms with E-state index < -0.39 is 22.5 Å². The largest absolute Gasteiger partial charge is 0.480 e. The summed E-state index contributed by atoms with van der Waals surface area (Å²) in [6.45, 7) is 9.56. The number of hydrogen-bond acceptors (Lipinski definition) is 4. The van der Waals surface area contributed by atoms with Crippen molar-refractivity contribution < 1.29 is 19.4 Å². The van der Waals surface area contributed by atoms with Gasteiger partial charge in [-0.2, -0.15) is 0 Å². The van der Waals surface area contributed by atoms with Crippen LogP contribution in [0.15, 0.2) is 0 Å². The van der Waals surface area contributed by atoms with Gasteiger partial charge in [-0.15, -0.1) is 0 Å². The van der Waals surface area contributed by atoms with E-state index in [-0.39, 0.29) is 12.5 Å². The lowest BCUT2D eigenvalue weighted by Gasteiger charge is -2.51. The molecule has 0 aliphatic carbocycles. The molecule has 1 fully saturated rings. The maximum atomic E-state index is 12.4. The van der Waals surface area contributed by atoms with Crippen molar-refractivity contribution in [3.63, 3.8) is 0 Å². The molecule has 0 unspecified atom stereocenters. The highest BCUT2D eigenvalue weighted by Gasteiger charge is 2.50. The van der Waals surface area contributed by atoms with Crippen molar-refractivity contribution in [1.82, 2.24) is 4.90 Å². The average molecular weight is 272 g/mol. The van der Waals surface area contributed by atoms with Crippen LogP contribution in [0.4, 0.5) is 0 Å². The number of carbonyl (C=O) groups is 2. The SMILES string of the molecule is CC1(OCC(=O)O)CN(C(=O)C(C)(C)C(C)(C)N)C1. The van der Waals surface area contributed by atoms with E-state index in [0.717, 1.165) is 0 Å². The van der Waals surface area contributed by atoms with Crippen molar-refractivity contribution in [3.05, 3.63) is 0 Å². The van der Waals surface area contributed by atoms with Gasteiger partial charge in [0.15, 0.2) is 0 Å². The van der Waals surface area contributed by atoms with E-state index in [9.17, 15) is 9.59 Å². The van der Waals surface area contributed by atoms with Crippen molar-refractivity contribution in [3.8, 4) is 0 Å². The minimum absolute atomic E-state index is 0.0311. The first-order valence-corrected chi connectivity index (χ1v) is 6.33. The van der Waals surface area contributed by atoms with Gasteiger partial charge in [0.1, 0.15) is 12.2 Å². The van der Waals surface area contributed by atoms with Gasteiger partial charge >= 0.3 is 5.97 Å². The van der Waals surface area contributed by atoms with Gasteiger partial charge in [0, 0.05) is 5.54 Å². The minimum Gasteiger partial charge on any atom is -0.480 e. The number of carboxylic acid groups (broad SMARTS) is 1. The lowest BCUT2D eigenvalue weighted by molar-refractivity contribution is -0.180. The van der Waals surface area contributed by atoms with E-state index in [1.54, 1.807) is 11.8 Å². The van der Waals surface area contributed by atoms with Crippen LogP contribution >= 0.6 is 0 Å². The molecule has 1 rings (SSSR count). The average Bonchev–Trinajstić information content (AvgIpc) is 2.19. The standard InChI is InChI=1S/C13H24N2O4/c1-11(2,12(3,4)14)10(18)15-7-13(5,8-15)19-6-9(16)17/h6-8,14H2,1-5H3,(H,16,17). The lowest BCUT2D eigenvalue weighted by atomic mass is 9.73. The number of rotatable bonds is 5. The molecule has 1 heterocycles. The van der Waals surface area contributed by atoms with Gasteiger partial charge in [-0.25, -0.2) is 4.79 Å². The Balaban J connectivity index is 2.59. The molecule has 0 radical (unpaired) electrons. The predicted octanol–water partition coefficient (Wildman–Crippen LogP) is 0.452. The Morgan fingerprint density at radius 1 is 1.32 bits per heavy atom. The number of carbonyl (C=O) groups excluding carboxylic acids is 1. The van der Waals surface area contributed by atoms with Gasteiger partial charge in [0.25, 0.3) is 0 Å². The number of ether oxygens (including phenoxy) is 1. The first-order valence-electron chi connectivity index (χ1n) is 6.33. The maximum absolute atomic E-state index is 12.4.